The summed E-state index contributed by atoms with van der Waals surface area (Å²) in [6.07, 6.45) is 5.57. The first-order valence-corrected chi connectivity index (χ1v) is 8.44. The third-order valence-corrected chi connectivity index (χ3v) is 5.74. The molecule has 0 amide bonds. The third kappa shape index (κ3) is 3.07. The normalized spacial score (nSPS) is 29.6. The Morgan fingerprint density at radius 3 is 2.67 bits per heavy atom. The number of hydrogen-bond donors (Lipinski definition) is 0. The first-order valence-electron chi connectivity index (χ1n) is 8.44. The van der Waals surface area contributed by atoms with Crippen LogP contribution >= 0.6 is 0 Å². The van der Waals surface area contributed by atoms with Crippen LogP contribution in [0.3, 0.4) is 0 Å². The molecule has 0 N–H and O–H groups in total. The molecule has 116 valence electrons. The lowest BCUT2D eigenvalue weighted by atomic mass is 9.58. The summed E-state index contributed by atoms with van der Waals surface area (Å²) in [5, 5.41) is 0. The molecular weight excluding hydrogens is 256 g/mol. The van der Waals surface area contributed by atoms with Crippen LogP contribution < -0.4 is 0 Å². The molecule has 0 spiro atoms. The van der Waals surface area contributed by atoms with Crippen molar-refractivity contribution in [1.82, 2.24) is 0 Å². The Kier molecular flexibility index (Phi) is 4.91. The van der Waals surface area contributed by atoms with Gasteiger partial charge < -0.3 is 4.79 Å². The van der Waals surface area contributed by atoms with Crippen LogP contribution in [0.5, 0.6) is 0 Å². The lowest BCUT2D eigenvalue weighted by Crippen LogP contribution is -2.40. The van der Waals surface area contributed by atoms with E-state index in [1.807, 2.05) is 0 Å². The van der Waals surface area contributed by atoms with E-state index in [0.717, 1.165) is 6.29 Å². The van der Waals surface area contributed by atoms with Crippen LogP contribution in [0, 0.1) is 18.8 Å². The molecule has 0 bridgehead atoms. The molecule has 3 atom stereocenters. The average molecular weight is 286 g/mol. The minimum absolute atomic E-state index is 0.151. The molecule has 1 aromatic rings. The summed E-state index contributed by atoms with van der Waals surface area (Å²) in [6.45, 7) is 11.4. The number of benzene rings is 1. The van der Waals surface area contributed by atoms with E-state index in [-0.39, 0.29) is 5.41 Å². The van der Waals surface area contributed by atoms with E-state index >= 15 is 0 Å². The van der Waals surface area contributed by atoms with Gasteiger partial charge in [0.25, 0.3) is 0 Å². The van der Waals surface area contributed by atoms with E-state index < -0.39 is 0 Å². The summed E-state index contributed by atoms with van der Waals surface area (Å²) in [5.74, 6) is 1.69. The van der Waals surface area contributed by atoms with Gasteiger partial charge in [0.05, 0.1) is 0 Å². The minimum Gasteiger partial charge on any atom is -0.303 e. The minimum atomic E-state index is 0.151. The topological polar surface area (TPSA) is 17.1 Å². The molecule has 1 aliphatic carbocycles. The average Bonchev–Trinajstić information content (AvgIpc) is 2.43. The molecule has 0 radical (unpaired) electrons. The Morgan fingerprint density at radius 2 is 2.10 bits per heavy atom. The van der Waals surface area contributed by atoms with Crippen molar-refractivity contribution in [2.75, 3.05) is 0 Å². The quantitative estimate of drug-likeness (QED) is 0.677. The first-order chi connectivity index (χ1) is 9.90. The summed E-state index contributed by atoms with van der Waals surface area (Å²) in [6, 6.07) is 6.97. The Balaban J connectivity index is 2.43. The molecule has 1 nitrogen and oxygen atoms in total. The van der Waals surface area contributed by atoms with Crippen molar-refractivity contribution in [2.45, 2.75) is 71.6 Å². The van der Waals surface area contributed by atoms with Gasteiger partial charge in [0.15, 0.2) is 0 Å². The Hall–Kier alpha value is -1.11. The van der Waals surface area contributed by atoms with Gasteiger partial charge >= 0.3 is 0 Å². The SMILES string of the molecule is Cc1cc(C(C)C)ccc1C1(C)CCCC(C)C1CC=O. The van der Waals surface area contributed by atoms with Gasteiger partial charge in [0.1, 0.15) is 6.29 Å². The summed E-state index contributed by atoms with van der Waals surface area (Å²) < 4.78 is 0. The van der Waals surface area contributed by atoms with Crippen molar-refractivity contribution in [2.24, 2.45) is 11.8 Å². The number of carbonyl (C=O) groups is 1. The van der Waals surface area contributed by atoms with Crippen LogP contribution in [0.15, 0.2) is 18.2 Å². The number of hydrogen-bond acceptors (Lipinski definition) is 1. The molecule has 0 heterocycles. The zero-order valence-corrected chi connectivity index (χ0v) is 14.3. The lowest BCUT2D eigenvalue weighted by Gasteiger charge is -2.46. The highest BCUT2D eigenvalue weighted by molar-refractivity contribution is 5.51. The maximum atomic E-state index is 11.2. The second kappa shape index (κ2) is 6.34. The zero-order chi connectivity index (χ0) is 15.6. The maximum absolute atomic E-state index is 11.2. The monoisotopic (exact) mass is 286 g/mol. The van der Waals surface area contributed by atoms with E-state index in [4.69, 9.17) is 0 Å². The third-order valence-electron chi connectivity index (χ3n) is 5.74. The van der Waals surface area contributed by atoms with Crippen LogP contribution in [0.25, 0.3) is 0 Å². The standard InChI is InChI=1S/C20H30O/c1-14(2)17-8-9-18(16(4)13-17)20(5)11-6-7-15(3)19(20)10-12-21/h8-9,12-15,19H,6-7,10-11H2,1-5H3. The van der Waals surface area contributed by atoms with Crippen LogP contribution in [-0.2, 0) is 10.2 Å². The second-order valence-corrected chi connectivity index (χ2v) is 7.52. The van der Waals surface area contributed by atoms with Crippen LogP contribution in [0.4, 0.5) is 0 Å². The van der Waals surface area contributed by atoms with Gasteiger partial charge in [-0.1, -0.05) is 58.7 Å². The van der Waals surface area contributed by atoms with Gasteiger partial charge in [-0.15, -0.1) is 0 Å². The van der Waals surface area contributed by atoms with Crippen molar-refractivity contribution in [3.05, 3.63) is 34.9 Å². The highest BCUT2D eigenvalue weighted by Crippen LogP contribution is 2.48. The maximum Gasteiger partial charge on any atom is 0.120 e. The number of rotatable bonds is 4. The number of aryl methyl sites for hydroxylation is 1. The van der Waals surface area contributed by atoms with Crippen LogP contribution in [0.1, 0.15) is 76.0 Å². The summed E-state index contributed by atoms with van der Waals surface area (Å²) in [4.78, 5) is 11.2. The van der Waals surface area contributed by atoms with Crippen LogP contribution in [-0.4, -0.2) is 6.29 Å². The van der Waals surface area contributed by atoms with Crippen molar-refractivity contribution < 1.29 is 4.79 Å². The van der Waals surface area contributed by atoms with Gasteiger partial charge in [0, 0.05) is 6.42 Å². The van der Waals surface area contributed by atoms with E-state index in [1.54, 1.807) is 0 Å². The van der Waals surface area contributed by atoms with Crippen molar-refractivity contribution in [3.8, 4) is 0 Å². The van der Waals surface area contributed by atoms with Gasteiger partial charge in [-0.05, 0) is 53.2 Å². The molecule has 1 saturated carbocycles. The fourth-order valence-electron chi connectivity index (χ4n) is 4.42. The highest BCUT2D eigenvalue weighted by Gasteiger charge is 2.41. The van der Waals surface area contributed by atoms with E-state index in [1.165, 1.54) is 36.0 Å². The molecule has 1 fully saturated rings. The summed E-state index contributed by atoms with van der Waals surface area (Å²) in [7, 11) is 0. The molecule has 1 aromatic carbocycles. The van der Waals surface area contributed by atoms with E-state index in [2.05, 4.69) is 52.8 Å². The predicted molar refractivity (Wildman–Crippen MR) is 89.8 cm³/mol. The first kappa shape index (κ1) is 16.3. The molecular formula is C20H30O. The fraction of sp³-hybridized carbons (Fsp3) is 0.650. The van der Waals surface area contributed by atoms with Crippen molar-refractivity contribution in [3.63, 3.8) is 0 Å². The second-order valence-electron chi connectivity index (χ2n) is 7.52. The molecule has 2 rings (SSSR count). The molecule has 0 saturated heterocycles. The number of carbonyl (C=O) groups excluding carboxylic acids is 1. The van der Waals surface area contributed by atoms with Crippen LogP contribution in [0.2, 0.25) is 0 Å². The molecule has 0 aromatic heterocycles. The molecule has 3 unspecified atom stereocenters. The predicted octanol–water partition coefficient (Wildman–Crippen LogP) is 5.40. The largest absolute Gasteiger partial charge is 0.303 e. The summed E-state index contributed by atoms with van der Waals surface area (Å²) in [5.41, 5.74) is 4.42. The van der Waals surface area contributed by atoms with E-state index in [0.29, 0.717) is 24.2 Å². The van der Waals surface area contributed by atoms with Crippen molar-refractivity contribution in [1.29, 1.82) is 0 Å². The molecule has 1 aliphatic rings. The Morgan fingerprint density at radius 1 is 1.38 bits per heavy atom. The zero-order valence-electron chi connectivity index (χ0n) is 14.3. The Labute approximate surface area is 130 Å². The smallest absolute Gasteiger partial charge is 0.120 e. The molecule has 0 aliphatic heterocycles. The van der Waals surface area contributed by atoms with E-state index in [9.17, 15) is 4.79 Å². The van der Waals surface area contributed by atoms with Gasteiger partial charge in [-0.2, -0.15) is 0 Å². The molecule has 21 heavy (non-hydrogen) atoms. The molecule has 1 heteroatoms. The highest BCUT2D eigenvalue weighted by atomic mass is 16.1. The fourth-order valence-corrected chi connectivity index (χ4v) is 4.42. The lowest BCUT2D eigenvalue weighted by molar-refractivity contribution is -0.110. The van der Waals surface area contributed by atoms with Gasteiger partial charge in [-0.3, -0.25) is 0 Å². The van der Waals surface area contributed by atoms with Gasteiger partial charge in [0.2, 0.25) is 0 Å². The summed E-state index contributed by atoms with van der Waals surface area (Å²) >= 11 is 0. The Bertz CT molecular complexity index is 503. The van der Waals surface area contributed by atoms with Gasteiger partial charge in [-0.25, -0.2) is 0 Å². The van der Waals surface area contributed by atoms with Crippen molar-refractivity contribution >= 4 is 6.29 Å². The number of aldehydes is 1.